The Labute approximate surface area is 184 Å². The van der Waals surface area contributed by atoms with Crippen molar-refractivity contribution in [3.05, 3.63) is 53.6 Å². The quantitative estimate of drug-likeness (QED) is 0.433. The maximum Gasteiger partial charge on any atom is 0.186 e. The van der Waals surface area contributed by atoms with E-state index in [2.05, 4.69) is 39.0 Å². The molecule has 31 heavy (non-hydrogen) atoms. The van der Waals surface area contributed by atoms with E-state index in [0.29, 0.717) is 16.6 Å². The molecule has 0 aromatic carbocycles. The molecule has 4 aromatic rings. The van der Waals surface area contributed by atoms with Gasteiger partial charge in [-0.05, 0) is 32.3 Å². The third-order valence-electron chi connectivity index (χ3n) is 5.60. The second-order valence-corrected chi connectivity index (χ2v) is 9.11. The minimum absolute atomic E-state index is 0.0312. The number of Topliss-reactive ketones (excluding diaryl/α,β-unsaturated/α-hetero) is 1. The number of aryl methyl sites for hydroxylation is 1. The molecule has 4 aromatic heterocycles. The maximum atomic E-state index is 12.8. The lowest BCUT2D eigenvalue weighted by molar-refractivity contribution is 0.0995. The number of anilines is 1. The first-order valence-corrected chi connectivity index (χ1v) is 10.9. The molecule has 0 saturated carbocycles. The number of fused-ring (bicyclic) bond motifs is 1. The van der Waals surface area contributed by atoms with Crippen LogP contribution in [-0.2, 0) is 13.5 Å². The van der Waals surface area contributed by atoms with Crippen LogP contribution in [0.15, 0.2) is 43.0 Å². The Hall–Kier alpha value is -3.17. The molecule has 0 N–H and O–H groups in total. The topological polar surface area (TPSA) is 80.0 Å². The standard InChI is InChI=1S/C22H23N7OS/c1-27(2)17-12-29(13-17)22-24-10-21(31-22)20(30)7-16-6-19-14(8-23-16)4-5-18(26-19)15-9-25-28(3)11-15/h4-6,8-11,17H,7,12-13H2,1-3H3. The molecule has 0 aliphatic carbocycles. The number of aromatic nitrogens is 5. The third kappa shape index (κ3) is 3.94. The zero-order valence-electron chi connectivity index (χ0n) is 17.7. The molecule has 1 saturated heterocycles. The Morgan fingerprint density at radius 1 is 1.19 bits per heavy atom. The average Bonchev–Trinajstić information content (AvgIpc) is 3.35. The van der Waals surface area contributed by atoms with Crippen molar-refractivity contribution in [2.24, 2.45) is 7.05 Å². The molecule has 0 radical (unpaired) electrons. The van der Waals surface area contributed by atoms with Crippen LogP contribution in [0, 0.1) is 0 Å². The maximum absolute atomic E-state index is 12.8. The van der Waals surface area contributed by atoms with Crippen molar-refractivity contribution in [1.29, 1.82) is 0 Å². The van der Waals surface area contributed by atoms with Gasteiger partial charge in [-0.1, -0.05) is 11.3 Å². The molecule has 8 nitrogen and oxygen atoms in total. The monoisotopic (exact) mass is 433 g/mol. The number of rotatable bonds is 6. The number of hydrogen-bond donors (Lipinski definition) is 0. The second-order valence-electron chi connectivity index (χ2n) is 8.10. The van der Waals surface area contributed by atoms with Gasteiger partial charge < -0.3 is 9.80 Å². The van der Waals surface area contributed by atoms with Crippen LogP contribution < -0.4 is 4.90 Å². The van der Waals surface area contributed by atoms with E-state index in [1.54, 1.807) is 23.3 Å². The van der Waals surface area contributed by atoms with Crippen LogP contribution in [0.1, 0.15) is 15.4 Å². The van der Waals surface area contributed by atoms with Crippen molar-refractivity contribution in [2.45, 2.75) is 12.5 Å². The van der Waals surface area contributed by atoms with E-state index in [1.807, 2.05) is 31.4 Å². The molecule has 0 unspecified atom stereocenters. The largest absolute Gasteiger partial charge is 0.345 e. The summed E-state index contributed by atoms with van der Waals surface area (Å²) < 4.78 is 1.75. The van der Waals surface area contributed by atoms with E-state index in [0.717, 1.165) is 40.4 Å². The number of likely N-dealkylation sites (N-methyl/N-ethyl adjacent to an activating group) is 1. The highest BCUT2D eigenvalue weighted by molar-refractivity contribution is 7.17. The fourth-order valence-corrected chi connectivity index (χ4v) is 4.47. The lowest BCUT2D eigenvalue weighted by Gasteiger charge is -2.42. The van der Waals surface area contributed by atoms with Gasteiger partial charge in [-0.3, -0.25) is 14.5 Å². The van der Waals surface area contributed by atoms with E-state index in [-0.39, 0.29) is 12.2 Å². The van der Waals surface area contributed by atoms with Gasteiger partial charge in [0.15, 0.2) is 10.9 Å². The fourth-order valence-electron chi connectivity index (χ4n) is 3.60. The molecule has 158 valence electrons. The molecule has 1 fully saturated rings. The van der Waals surface area contributed by atoms with Gasteiger partial charge >= 0.3 is 0 Å². The first kappa shape index (κ1) is 19.8. The number of carbonyl (C=O) groups excluding carboxylic acids is 1. The minimum Gasteiger partial charge on any atom is -0.345 e. The van der Waals surface area contributed by atoms with E-state index in [1.165, 1.54) is 11.3 Å². The minimum atomic E-state index is 0.0312. The highest BCUT2D eigenvalue weighted by Crippen LogP contribution is 2.28. The Morgan fingerprint density at radius 3 is 2.77 bits per heavy atom. The number of carbonyl (C=O) groups is 1. The molecular weight excluding hydrogens is 410 g/mol. The van der Waals surface area contributed by atoms with Crippen molar-refractivity contribution < 1.29 is 4.79 Å². The Morgan fingerprint density at radius 2 is 2.03 bits per heavy atom. The van der Waals surface area contributed by atoms with Crippen molar-refractivity contribution in [3.8, 4) is 11.3 Å². The van der Waals surface area contributed by atoms with Crippen LogP contribution in [0.5, 0.6) is 0 Å². The van der Waals surface area contributed by atoms with Crippen LogP contribution in [0.25, 0.3) is 22.2 Å². The number of pyridine rings is 2. The van der Waals surface area contributed by atoms with E-state index in [4.69, 9.17) is 4.98 Å². The normalized spacial score (nSPS) is 14.4. The van der Waals surface area contributed by atoms with Gasteiger partial charge in [0.1, 0.15) is 0 Å². The molecule has 1 aliphatic rings. The van der Waals surface area contributed by atoms with Crippen LogP contribution >= 0.6 is 11.3 Å². The van der Waals surface area contributed by atoms with Gasteiger partial charge in [0.25, 0.3) is 0 Å². The third-order valence-corrected chi connectivity index (χ3v) is 6.70. The van der Waals surface area contributed by atoms with Crippen molar-refractivity contribution >= 4 is 33.2 Å². The molecule has 5 rings (SSSR count). The summed E-state index contributed by atoms with van der Waals surface area (Å²) in [5.41, 5.74) is 3.33. The molecule has 5 heterocycles. The predicted octanol–water partition coefficient (Wildman–Crippen LogP) is 2.66. The summed E-state index contributed by atoms with van der Waals surface area (Å²) in [5.74, 6) is 0.0312. The Balaban J connectivity index is 1.31. The van der Waals surface area contributed by atoms with Crippen LogP contribution in [-0.4, -0.2) is 68.6 Å². The Bertz CT molecular complexity index is 1260. The van der Waals surface area contributed by atoms with E-state index >= 15 is 0 Å². The number of nitrogens with zero attached hydrogens (tertiary/aromatic N) is 7. The van der Waals surface area contributed by atoms with Crippen molar-refractivity contribution in [3.63, 3.8) is 0 Å². The molecule has 0 spiro atoms. The van der Waals surface area contributed by atoms with Crippen LogP contribution in [0.3, 0.4) is 0 Å². The lowest BCUT2D eigenvalue weighted by atomic mass is 10.1. The molecular formula is C22H23N7OS. The summed E-state index contributed by atoms with van der Waals surface area (Å²) >= 11 is 1.46. The van der Waals surface area contributed by atoms with Crippen molar-refractivity contribution in [2.75, 3.05) is 32.1 Å². The molecule has 0 bridgehead atoms. The van der Waals surface area contributed by atoms with Gasteiger partial charge in [0.05, 0.1) is 40.6 Å². The van der Waals surface area contributed by atoms with Crippen molar-refractivity contribution in [1.82, 2.24) is 29.6 Å². The Kier molecular flexibility index (Phi) is 4.99. The van der Waals surface area contributed by atoms with Crippen LogP contribution in [0.4, 0.5) is 5.13 Å². The number of hydrogen-bond acceptors (Lipinski definition) is 8. The number of ketones is 1. The average molecular weight is 434 g/mol. The number of thiazole rings is 1. The summed E-state index contributed by atoms with van der Waals surface area (Å²) in [4.78, 5) is 31.6. The zero-order valence-corrected chi connectivity index (χ0v) is 18.5. The molecule has 1 aliphatic heterocycles. The van der Waals surface area contributed by atoms with Gasteiger partial charge in [-0.2, -0.15) is 5.10 Å². The second kappa shape index (κ2) is 7.82. The van der Waals surface area contributed by atoms with Crippen LogP contribution in [0.2, 0.25) is 0 Å². The first-order chi connectivity index (χ1) is 15.0. The fraction of sp³-hybridized carbons (Fsp3) is 0.318. The predicted molar refractivity (Wildman–Crippen MR) is 122 cm³/mol. The molecule has 9 heteroatoms. The van der Waals surface area contributed by atoms with E-state index < -0.39 is 0 Å². The summed E-state index contributed by atoms with van der Waals surface area (Å²) in [6, 6.07) is 6.40. The summed E-state index contributed by atoms with van der Waals surface area (Å²) in [6.45, 7) is 1.90. The SMILES string of the molecule is CN(C)C1CN(c2ncc(C(=O)Cc3cc4nc(-c5cnn(C)c5)ccc4cn3)s2)C1. The lowest BCUT2D eigenvalue weighted by Crippen LogP contribution is -2.57. The van der Waals surface area contributed by atoms with Gasteiger partial charge in [0, 0.05) is 49.5 Å². The van der Waals surface area contributed by atoms with Gasteiger partial charge in [-0.15, -0.1) is 0 Å². The highest BCUT2D eigenvalue weighted by Gasteiger charge is 2.30. The zero-order chi connectivity index (χ0) is 21.5. The first-order valence-electron chi connectivity index (χ1n) is 10.1. The molecule has 0 atom stereocenters. The summed E-state index contributed by atoms with van der Waals surface area (Å²) in [7, 11) is 6.06. The van der Waals surface area contributed by atoms with Gasteiger partial charge in [0.2, 0.25) is 0 Å². The molecule has 0 amide bonds. The van der Waals surface area contributed by atoms with E-state index in [9.17, 15) is 4.79 Å². The van der Waals surface area contributed by atoms with Gasteiger partial charge in [-0.25, -0.2) is 9.97 Å². The highest BCUT2D eigenvalue weighted by atomic mass is 32.1. The summed E-state index contributed by atoms with van der Waals surface area (Å²) in [6.07, 6.45) is 7.42. The summed E-state index contributed by atoms with van der Waals surface area (Å²) in [5, 5.41) is 6.06. The smallest absolute Gasteiger partial charge is 0.186 e.